The number of anilines is 1. The van der Waals surface area contributed by atoms with Crippen LogP contribution >= 0.6 is 11.6 Å². The minimum Gasteiger partial charge on any atom is -0.495 e. The number of methoxy groups -OCH3 is 1. The van der Waals surface area contributed by atoms with Gasteiger partial charge in [0.15, 0.2) is 0 Å². The number of benzene rings is 1. The first-order valence-corrected chi connectivity index (χ1v) is 8.80. The zero-order valence-corrected chi connectivity index (χ0v) is 15.2. The van der Waals surface area contributed by atoms with Crippen LogP contribution in [0.4, 0.5) is 5.69 Å². The van der Waals surface area contributed by atoms with E-state index in [4.69, 9.17) is 16.3 Å². The number of ether oxygens (including phenoxy) is 1. The Hall–Kier alpha value is -2.60. The molecule has 26 heavy (non-hydrogen) atoms. The van der Waals surface area contributed by atoms with Crippen molar-refractivity contribution in [3.8, 4) is 5.75 Å². The first-order valence-electron chi connectivity index (χ1n) is 8.42. The number of carbonyl (C=O) groups is 2. The number of aromatic nitrogens is 1. The molecule has 0 bridgehead atoms. The fraction of sp³-hybridized carbons (Fsp3) is 0.316. The highest BCUT2D eigenvalue weighted by Crippen LogP contribution is 2.28. The Balaban J connectivity index is 1.55. The molecule has 0 unspecified atom stereocenters. The van der Waals surface area contributed by atoms with Crippen LogP contribution in [0.15, 0.2) is 42.7 Å². The number of nitrogens with zero attached hydrogens (tertiary/aromatic N) is 2. The van der Waals surface area contributed by atoms with Gasteiger partial charge in [0.05, 0.1) is 17.7 Å². The molecule has 7 heteroatoms. The third-order valence-electron chi connectivity index (χ3n) is 4.48. The molecule has 3 rings (SSSR count). The quantitative estimate of drug-likeness (QED) is 0.893. The van der Waals surface area contributed by atoms with Gasteiger partial charge in [-0.15, -0.1) is 0 Å². The Morgan fingerprint density at radius 1 is 1.27 bits per heavy atom. The maximum Gasteiger partial charge on any atom is 0.255 e. The van der Waals surface area contributed by atoms with E-state index >= 15 is 0 Å². The van der Waals surface area contributed by atoms with E-state index in [9.17, 15) is 9.59 Å². The number of nitrogens with one attached hydrogen (secondary N) is 1. The molecular weight excluding hydrogens is 354 g/mol. The smallest absolute Gasteiger partial charge is 0.255 e. The molecule has 2 heterocycles. The van der Waals surface area contributed by atoms with E-state index < -0.39 is 0 Å². The first kappa shape index (κ1) is 18.2. The second-order valence-electron chi connectivity index (χ2n) is 6.15. The molecule has 0 spiro atoms. The summed E-state index contributed by atoms with van der Waals surface area (Å²) in [5.74, 6) is 0.333. The number of piperidine rings is 1. The minimum atomic E-state index is -0.131. The number of carbonyl (C=O) groups excluding carboxylic acids is 2. The molecule has 1 saturated heterocycles. The van der Waals surface area contributed by atoms with Crippen molar-refractivity contribution in [2.75, 3.05) is 25.5 Å². The van der Waals surface area contributed by atoms with Gasteiger partial charge in [-0.2, -0.15) is 0 Å². The van der Waals surface area contributed by atoms with Gasteiger partial charge in [0.1, 0.15) is 5.75 Å². The van der Waals surface area contributed by atoms with Gasteiger partial charge < -0.3 is 15.0 Å². The fourth-order valence-electron chi connectivity index (χ4n) is 3.01. The Morgan fingerprint density at radius 3 is 2.65 bits per heavy atom. The van der Waals surface area contributed by atoms with Crippen LogP contribution in [-0.2, 0) is 4.79 Å². The monoisotopic (exact) mass is 373 g/mol. The number of amides is 2. The molecule has 2 aromatic rings. The number of pyridine rings is 1. The summed E-state index contributed by atoms with van der Waals surface area (Å²) < 4.78 is 5.11. The Morgan fingerprint density at radius 2 is 2.04 bits per heavy atom. The summed E-state index contributed by atoms with van der Waals surface area (Å²) in [6.45, 7) is 1.10. The normalized spacial score (nSPS) is 14.8. The van der Waals surface area contributed by atoms with Crippen molar-refractivity contribution in [3.63, 3.8) is 0 Å². The zero-order chi connectivity index (χ0) is 18.5. The number of halogens is 1. The van der Waals surface area contributed by atoms with Crippen molar-refractivity contribution in [2.24, 2.45) is 5.92 Å². The van der Waals surface area contributed by atoms with Crippen LogP contribution in [0.1, 0.15) is 23.2 Å². The van der Waals surface area contributed by atoms with Crippen LogP contribution in [0.5, 0.6) is 5.75 Å². The summed E-state index contributed by atoms with van der Waals surface area (Å²) >= 11 is 6.09. The van der Waals surface area contributed by atoms with Crippen LogP contribution in [0, 0.1) is 5.92 Å². The number of hydrogen-bond acceptors (Lipinski definition) is 4. The molecule has 0 aliphatic carbocycles. The highest BCUT2D eigenvalue weighted by Gasteiger charge is 2.28. The predicted octanol–water partition coefficient (Wildman–Crippen LogP) is 3.23. The molecule has 1 aliphatic rings. The highest BCUT2D eigenvalue weighted by molar-refractivity contribution is 6.32. The fourth-order valence-corrected chi connectivity index (χ4v) is 3.26. The second-order valence-corrected chi connectivity index (χ2v) is 6.55. The molecule has 1 aromatic heterocycles. The van der Waals surface area contributed by atoms with Crippen molar-refractivity contribution in [3.05, 3.63) is 53.3 Å². The van der Waals surface area contributed by atoms with Gasteiger partial charge in [-0.1, -0.05) is 11.6 Å². The molecule has 1 aliphatic heterocycles. The average molecular weight is 374 g/mol. The van der Waals surface area contributed by atoms with Crippen LogP contribution in [0.2, 0.25) is 5.02 Å². The molecular formula is C19H20ClN3O3. The van der Waals surface area contributed by atoms with Gasteiger partial charge in [0.25, 0.3) is 5.91 Å². The van der Waals surface area contributed by atoms with Gasteiger partial charge in [-0.3, -0.25) is 14.6 Å². The van der Waals surface area contributed by atoms with Crippen molar-refractivity contribution in [1.29, 1.82) is 0 Å². The number of hydrogen-bond donors (Lipinski definition) is 1. The van der Waals surface area contributed by atoms with E-state index in [2.05, 4.69) is 10.3 Å². The molecule has 1 N–H and O–H groups in total. The van der Waals surface area contributed by atoms with Crippen molar-refractivity contribution >= 4 is 29.1 Å². The van der Waals surface area contributed by atoms with E-state index in [0.717, 1.165) is 0 Å². The van der Waals surface area contributed by atoms with E-state index in [1.807, 2.05) is 0 Å². The SMILES string of the molecule is COc1ccc(NC(=O)C2CCN(C(=O)c3cccnc3)CC2)cc1Cl. The molecule has 0 saturated carbocycles. The maximum atomic E-state index is 12.5. The second kappa shape index (κ2) is 8.19. The van der Waals surface area contributed by atoms with Gasteiger partial charge in [0, 0.05) is 37.1 Å². The van der Waals surface area contributed by atoms with Gasteiger partial charge in [-0.25, -0.2) is 0 Å². The van der Waals surface area contributed by atoms with Crippen LogP contribution in [0.25, 0.3) is 0 Å². The lowest BCUT2D eigenvalue weighted by Gasteiger charge is -2.31. The lowest BCUT2D eigenvalue weighted by molar-refractivity contribution is -0.121. The molecule has 1 aromatic carbocycles. The molecule has 0 atom stereocenters. The largest absolute Gasteiger partial charge is 0.495 e. The van der Waals surface area contributed by atoms with Crippen LogP contribution in [0.3, 0.4) is 0 Å². The van der Waals surface area contributed by atoms with E-state index in [-0.39, 0.29) is 17.7 Å². The molecule has 2 amide bonds. The lowest BCUT2D eigenvalue weighted by atomic mass is 9.95. The average Bonchev–Trinajstić information content (AvgIpc) is 2.68. The summed E-state index contributed by atoms with van der Waals surface area (Å²) in [5.41, 5.74) is 1.21. The van der Waals surface area contributed by atoms with Gasteiger partial charge in [0.2, 0.25) is 5.91 Å². The van der Waals surface area contributed by atoms with E-state index in [1.54, 1.807) is 54.7 Å². The maximum absolute atomic E-state index is 12.5. The van der Waals surface area contributed by atoms with Crippen molar-refractivity contribution < 1.29 is 14.3 Å². The third-order valence-corrected chi connectivity index (χ3v) is 4.78. The number of likely N-dealkylation sites (tertiary alicyclic amines) is 1. The third kappa shape index (κ3) is 4.14. The first-order chi connectivity index (χ1) is 12.6. The van der Waals surface area contributed by atoms with E-state index in [0.29, 0.717) is 48.0 Å². The summed E-state index contributed by atoms with van der Waals surface area (Å²) in [5, 5.41) is 3.33. The summed E-state index contributed by atoms with van der Waals surface area (Å²) in [6.07, 6.45) is 4.46. The van der Waals surface area contributed by atoms with Gasteiger partial charge in [-0.05, 0) is 43.2 Å². The van der Waals surface area contributed by atoms with E-state index in [1.165, 1.54) is 0 Å². The Labute approximate surface area is 157 Å². The lowest BCUT2D eigenvalue weighted by Crippen LogP contribution is -2.41. The summed E-state index contributed by atoms with van der Waals surface area (Å²) in [7, 11) is 1.54. The highest BCUT2D eigenvalue weighted by atomic mass is 35.5. The molecule has 136 valence electrons. The zero-order valence-electron chi connectivity index (χ0n) is 14.4. The molecule has 6 nitrogen and oxygen atoms in total. The number of rotatable bonds is 4. The summed E-state index contributed by atoms with van der Waals surface area (Å²) in [6, 6.07) is 8.63. The Kier molecular flexibility index (Phi) is 5.73. The van der Waals surface area contributed by atoms with Gasteiger partial charge >= 0.3 is 0 Å². The molecule has 1 fully saturated rings. The summed E-state index contributed by atoms with van der Waals surface area (Å²) in [4.78, 5) is 30.7. The van der Waals surface area contributed by atoms with Crippen molar-refractivity contribution in [2.45, 2.75) is 12.8 Å². The predicted molar refractivity (Wildman–Crippen MR) is 99.5 cm³/mol. The topological polar surface area (TPSA) is 71.5 Å². The standard InChI is InChI=1S/C19H20ClN3O3/c1-26-17-5-4-15(11-16(17)20)22-18(24)13-6-9-23(10-7-13)19(25)14-3-2-8-21-12-14/h2-5,8,11-13H,6-7,9-10H2,1H3,(H,22,24). The molecule has 0 radical (unpaired) electrons. The Bertz CT molecular complexity index is 790. The van der Waals surface area contributed by atoms with Crippen LogP contribution < -0.4 is 10.1 Å². The van der Waals surface area contributed by atoms with Crippen molar-refractivity contribution in [1.82, 2.24) is 9.88 Å². The van der Waals surface area contributed by atoms with Crippen LogP contribution in [-0.4, -0.2) is 41.9 Å². The minimum absolute atomic E-state index is 0.0427.